The molecule has 0 radical (unpaired) electrons. The number of hydrogen-bond acceptors (Lipinski definition) is 4. The summed E-state index contributed by atoms with van der Waals surface area (Å²) < 4.78 is 1.76. The van der Waals surface area contributed by atoms with Crippen molar-refractivity contribution in [1.82, 2.24) is 14.6 Å². The second kappa shape index (κ2) is 4.57. The number of anilines is 1. The van der Waals surface area contributed by atoms with Crippen molar-refractivity contribution in [2.24, 2.45) is 11.1 Å². The molecule has 2 heterocycles. The van der Waals surface area contributed by atoms with Crippen LogP contribution in [-0.4, -0.2) is 27.7 Å². The van der Waals surface area contributed by atoms with Gasteiger partial charge in [0.05, 0.1) is 6.20 Å². The van der Waals surface area contributed by atoms with Crippen molar-refractivity contribution in [3.8, 4) is 0 Å². The lowest BCUT2D eigenvalue weighted by atomic mass is 9.86. The topological polar surface area (TPSA) is 68.2 Å². The predicted octanol–water partition coefficient (Wildman–Crippen LogP) is 1.66. The van der Waals surface area contributed by atoms with Crippen LogP contribution in [0.4, 0.5) is 5.82 Å². The highest BCUT2D eigenvalue weighted by Gasteiger charge is 2.32. The Morgan fingerprint density at radius 2 is 2.17 bits per heavy atom. The fourth-order valence-electron chi connectivity index (χ4n) is 2.77. The van der Waals surface area contributed by atoms with Gasteiger partial charge >= 0.3 is 0 Å². The Balaban J connectivity index is 1.72. The zero-order valence-corrected chi connectivity index (χ0v) is 10.5. The Hall–Kier alpha value is -1.62. The minimum atomic E-state index is 0.272. The highest BCUT2D eigenvalue weighted by Crippen LogP contribution is 2.37. The van der Waals surface area contributed by atoms with Crippen LogP contribution in [0, 0.1) is 5.41 Å². The summed E-state index contributed by atoms with van der Waals surface area (Å²) in [6.07, 6.45) is 8.73. The molecule has 18 heavy (non-hydrogen) atoms. The molecule has 0 amide bonds. The molecule has 3 rings (SSSR count). The van der Waals surface area contributed by atoms with Gasteiger partial charge in [0.25, 0.3) is 0 Å². The first-order valence-corrected chi connectivity index (χ1v) is 6.56. The van der Waals surface area contributed by atoms with Crippen LogP contribution in [0.2, 0.25) is 0 Å². The van der Waals surface area contributed by atoms with Crippen molar-refractivity contribution < 1.29 is 0 Å². The van der Waals surface area contributed by atoms with Gasteiger partial charge in [-0.25, -0.2) is 9.50 Å². The van der Waals surface area contributed by atoms with E-state index >= 15 is 0 Å². The number of rotatable bonds is 4. The van der Waals surface area contributed by atoms with Crippen LogP contribution in [0.1, 0.15) is 25.7 Å². The van der Waals surface area contributed by atoms with E-state index in [0.29, 0.717) is 0 Å². The van der Waals surface area contributed by atoms with Crippen molar-refractivity contribution in [2.75, 3.05) is 18.4 Å². The first-order valence-electron chi connectivity index (χ1n) is 6.56. The Bertz CT molecular complexity index is 527. The van der Waals surface area contributed by atoms with Crippen LogP contribution in [0.3, 0.4) is 0 Å². The Kier molecular flexibility index (Phi) is 2.91. The van der Waals surface area contributed by atoms with Crippen molar-refractivity contribution in [3.05, 3.63) is 24.5 Å². The average Bonchev–Trinajstić information content (AvgIpc) is 3.05. The first kappa shape index (κ1) is 11.5. The fraction of sp³-hybridized carbons (Fsp3) is 0.538. The number of hydrogen-bond donors (Lipinski definition) is 2. The fourth-order valence-corrected chi connectivity index (χ4v) is 2.77. The third kappa shape index (κ3) is 2.06. The van der Waals surface area contributed by atoms with E-state index in [-0.39, 0.29) is 5.41 Å². The lowest BCUT2D eigenvalue weighted by molar-refractivity contribution is 0.332. The molecule has 0 aromatic carbocycles. The zero-order valence-electron chi connectivity index (χ0n) is 10.5. The van der Waals surface area contributed by atoms with E-state index in [9.17, 15) is 0 Å². The first-order chi connectivity index (χ1) is 8.81. The molecule has 1 aliphatic rings. The standard InChI is InChI=1S/C13H19N5/c14-9-13(5-1-2-6-13)10-15-11-4-8-18-12(17-11)3-7-16-18/h3-4,7-8H,1-2,5-6,9-10,14H2,(H,15,17). The second-order valence-electron chi connectivity index (χ2n) is 5.21. The summed E-state index contributed by atoms with van der Waals surface area (Å²) in [5, 5.41) is 7.56. The predicted molar refractivity (Wildman–Crippen MR) is 71.4 cm³/mol. The molecule has 0 saturated heterocycles. The van der Waals surface area contributed by atoms with Gasteiger partial charge in [0.15, 0.2) is 5.65 Å². The third-order valence-electron chi connectivity index (χ3n) is 4.00. The van der Waals surface area contributed by atoms with E-state index in [1.54, 1.807) is 10.7 Å². The van der Waals surface area contributed by atoms with Crippen molar-refractivity contribution >= 4 is 11.5 Å². The molecule has 0 atom stereocenters. The van der Waals surface area contributed by atoms with Crippen LogP contribution in [0.15, 0.2) is 24.5 Å². The molecule has 96 valence electrons. The van der Waals surface area contributed by atoms with E-state index in [2.05, 4.69) is 15.4 Å². The summed E-state index contributed by atoms with van der Waals surface area (Å²) in [6, 6.07) is 3.86. The van der Waals surface area contributed by atoms with Crippen LogP contribution in [-0.2, 0) is 0 Å². The molecule has 5 heteroatoms. The molecule has 2 aromatic heterocycles. The Morgan fingerprint density at radius 3 is 2.94 bits per heavy atom. The van der Waals surface area contributed by atoms with Gasteiger partial charge in [-0.3, -0.25) is 0 Å². The molecule has 0 aliphatic heterocycles. The van der Waals surface area contributed by atoms with Gasteiger partial charge in [-0.05, 0) is 30.9 Å². The monoisotopic (exact) mass is 245 g/mol. The van der Waals surface area contributed by atoms with Gasteiger partial charge < -0.3 is 11.1 Å². The quantitative estimate of drug-likeness (QED) is 0.859. The lowest BCUT2D eigenvalue weighted by Gasteiger charge is -2.27. The van der Waals surface area contributed by atoms with Gasteiger partial charge in [-0.15, -0.1) is 0 Å². The summed E-state index contributed by atoms with van der Waals surface area (Å²) in [5.41, 5.74) is 7.07. The van der Waals surface area contributed by atoms with Gasteiger partial charge in [-0.1, -0.05) is 12.8 Å². The van der Waals surface area contributed by atoms with Gasteiger partial charge in [0.1, 0.15) is 5.82 Å². The van der Waals surface area contributed by atoms with E-state index in [1.165, 1.54) is 25.7 Å². The summed E-state index contributed by atoms with van der Waals surface area (Å²) >= 11 is 0. The molecule has 5 nitrogen and oxygen atoms in total. The summed E-state index contributed by atoms with van der Waals surface area (Å²) in [5.74, 6) is 0.905. The van der Waals surface area contributed by atoms with Crippen molar-refractivity contribution in [1.29, 1.82) is 0 Å². The van der Waals surface area contributed by atoms with E-state index in [0.717, 1.165) is 24.6 Å². The summed E-state index contributed by atoms with van der Waals surface area (Å²) in [4.78, 5) is 4.51. The van der Waals surface area contributed by atoms with Gasteiger partial charge in [-0.2, -0.15) is 5.10 Å². The molecule has 1 saturated carbocycles. The zero-order chi connectivity index (χ0) is 12.4. The maximum Gasteiger partial charge on any atom is 0.157 e. The number of aromatic nitrogens is 3. The molecule has 1 aliphatic carbocycles. The van der Waals surface area contributed by atoms with Crippen molar-refractivity contribution in [3.63, 3.8) is 0 Å². The summed E-state index contributed by atoms with van der Waals surface area (Å²) in [6.45, 7) is 1.68. The minimum absolute atomic E-state index is 0.272. The summed E-state index contributed by atoms with van der Waals surface area (Å²) in [7, 11) is 0. The van der Waals surface area contributed by atoms with E-state index in [1.807, 2.05) is 18.3 Å². The SMILES string of the molecule is NCC1(CNc2ccn3nccc3n2)CCCC1. The molecule has 3 N–H and O–H groups in total. The van der Waals surface area contributed by atoms with Crippen LogP contribution in [0.5, 0.6) is 0 Å². The molecule has 0 unspecified atom stereocenters. The highest BCUT2D eigenvalue weighted by molar-refractivity contribution is 5.45. The van der Waals surface area contributed by atoms with Crippen LogP contribution in [0.25, 0.3) is 5.65 Å². The molecule has 1 fully saturated rings. The second-order valence-corrected chi connectivity index (χ2v) is 5.21. The minimum Gasteiger partial charge on any atom is -0.369 e. The van der Waals surface area contributed by atoms with Gasteiger partial charge in [0.2, 0.25) is 0 Å². The van der Waals surface area contributed by atoms with Gasteiger partial charge in [0, 0.05) is 18.8 Å². The maximum absolute atomic E-state index is 5.93. The molecular formula is C13H19N5. The molecule has 0 spiro atoms. The van der Waals surface area contributed by atoms with E-state index < -0.39 is 0 Å². The molecule has 2 aromatic rings. The highest BCUT2D eigenvalue weighted by atomic mass is 15.2. The number of nitrogens with zero attached hydrogens (tertiary/aromatic N) is 3. The normalized spacial score (nSPS) is 18.3. The smallest absolute Gasteiger partial charge is 0.157 e. The molecule has 0 bridgehead atoms. The Labute approximate surface area is 106 Å². The maximum atomic E-state index is 5.93. The van der Waals surface area contributed by atoms with Crippen LogP contribution < -0.4 is 11.1 Å². The Morgan fingerprint density at radius 1 is 1.33 bits per heavy atom. The molecular weight excluding hydrogens is 226 g/mol. The number of nitrogens with two attached hydrogens (primary N) is 1. The van der Waals surface area contributed by atoms with Crippen LogP contribution >= 0.6 is 0 Å². The average molecular weight is 245 g/mol. The largest absolute Gasteiger partial charge is 0.369 e. The van der Waals surface area contributed by atoms with Crippen molar-refractivity contribution in [2.45, 2.75) is 25.7 Å². The lowest BCUT2D eigenvalue weighted by Crippen LogP contribution is -2.34. The number of fused-ring (bicyclic) bond motifs is 1. The number of nitrogens with one attached hydrogen (secondary N) is 1. The third-order valence-corrected chi connectivity index (χ3v) is 4.00. The van der Waals surface area contributed by atoms with E-state index in [4.69, 9.17) is 5.73 Å².